The monoisotopic (exact) mass is 408 g/mol. The number of benzene rings is 1. The minimum Gasteiger partial charge on any atom is -0.368 e. The van der Waals surface area contributed by atoms with Gasteiger partial charge in [-0.25, -0.2) is 23.7 Å². The lowest BCUT2D eigenvalue weighted by Crippen LogP contribution is -2.54. The Labute approximate surface area is 172 Å². The molecule has 1 saturated heterocycles. The maximum atomic E-state index is 14.4. The predicted molar refractivity (Wildman–Crippen MR) is 113 cm³/mol. The molecule has 1 aliphatic heterocycles. The van der Waals surface area contributed by atoms with E-state index in [1.165, 1.54) is 16.7 Å². The van der Waals surface area contributed by atoms with Crippen LogP contribution in [0.4, 0.5) is 14.5 Å². The van der Waals surface area contributed by atoms with E-state index in [2.05, 4.69) is 51.1 Å². The smallest absolute Gasteiger partial charge is 0.173 e. The van der Waals surface area contributed by atoms with Gasteiger partial charge in [0, 0.05) is 60.4 Å². The Kier molecular flexibility index (Phi) is 4.58. The number of fused-ring (bicyclic) bond motifs is 2. The summed E-state index contributed by atoms with van der Waals surface area (Å²) in [6.45, 7) is 5.52. The number of pyridine rings is 1. The molecule has 0 unspecified atom stereocenters. The molecule has 4 heterocycles. The van der Waals surface area contributed by atoms with Crippen molar-refractivity contribution in [3.63, 3.8) is 0 Å². The molecule has 0 radical (unpaired) electrons. The summed E-state index contributed by atoms with van der Waals surface area (Å²) in [4.78, 5) is 15.4. The zero-order valence-corrected chi connectivity index (χ0v) is 16.8. The predicted octanol–water partition coefficient (Wildman–Crippen LogP) is 3.74. The number of hydrogen-bond acceptors (Lipinski definition) is 5. The maximum Gasteiger partial charge on any atom is 0.173 e. The summed E-state index contributed by atoms with van der Waals surface area (Å²) in [5, 5.41) is 4.47. The minimum atomic E-state index is -0.740. The van der Waals surface area contributed by atoms with E-state index in [9.17, 15) is 8.78 Å². The number of piperazine rings is 1. The van der Waals surface area contributed by atoms with Crippen LogP contribution in [0.1, 0.15) is 19.5 Å². The van der Waals surface area contributed by atoms with Gasteiger partial charge in [0.05, 0.1) is 11.2 Å². The number of imidazole rings is 1. The SMILES string of the molecule is C[C@@H]1CN(c2ccc3nc(-c4cc(F)c5nc(CF)cn5c4)ncc3c2)C[C@H](C)N1. The second-order valence-corrected chi connectivity index (χ2v) is 7.98. The van der Waals surface area contributed by atoms with Crippen LogP contribution in [-0.2, 0) is 6.67 Å². The van der Waals surface area contributed by atoms with Gasteiger partial charge in [0.2, 0.25) is 0 Å². The van der Waals surface area contributed by atoms with Crippen molar-refractivity contribution in [2.45, 2.75) is 32.6 Å². The lowest BCUT2D eigenvalue weighted by Gasteiger charge is -2.37. The van der Waals surface area contributed by atoms with Crippen LogP contribution in [0.5, 0.6) is 0 Å². The average molecular weight is 408 g/mol. The van der Waals surface area contributed by atoms with Crippen molar-refractivity contribution in [3.8, 4) is 11.4 Å². The van der Waals surface area contributed by atoms with E-state index in [1.807, 2.05) is 6.07 Å². The molecule has 4 aromatic rings. The molecule has 0 amide bonds. The second kappa shape index (κ2) is 7.28. The fraction of sp³-hybridized carbons (Fsp3) is 0.318. The molecule has 0 bridgehead atoms. The second-order valence-electron chi connectivity index (χ2n) is 7.98. The van der Waals surface area contributed by atoms with Crippen molar-refractivity contribution in [3.05, 3.63) is 54.4 Å². The fourth-order valence-electron chi connectivity index (χ4n) is 4.19. The Morgan fingerprint density at radius 2 is 1.90 bits per heavy atom. The van der Waals surface area contributed by atoms with E-state index < -0.39 is 12.5 Å². The van der Waals surface area contributed by atoms with Crippen molar-refractivity contribution in [1.82, 2.24) is 24.7 Å². The van der Waals surface area contributed by atoms with E-state index >= 15 is 0 Å². The van der Waals surface area contributed by atoms with E-state index in [0.717, 1.165) is 29.7 Å². The number of halogens is 2. The molecule has 1 N–H and O–H groups in total. The third-order valence-electron chi connectivity index (χ3n) is 5.44. The Balaban J connectivity index is 1.50. The molecule has 0 aliphatic carbocycles. The Bertz CT molecular complexity index is 1230. The molecule has 6 nitrogen and oxygen atoms in total. The van der Waals surface area contributed by atoms with Crippen molar-refractivity contribution < 1.29 is 8.78 Å². The molecule has 1 aromatic carbocycles. The van der Waals surface area contributed by atoms with Crippen LogP contribution in [0.15, 0.2) is 42.9 Å². The highest BCUT2D eigenvalue weighted by Gasteiger charge is 2.21. The molecule has 1 aliphatic rings. The number of hydrogen-bond donors (Lipinski definition) is 1. The molecule has 2 atom stereocenters. The van der Waals surface area contributed by atoms with Gasteiger partial charge in [-0.2, -0.15) is 0 Å². The number of rotatable bonds is 3. The number of anilines is 1. The topological polar surface area (TPSA) is 58.4 Å². The third kappa shape index (κ3) is 3.37. The van der Waals surface area contributed by atoms with Gasteiger partial charge in [-0.15, -0.1) is 0 Å². The van der Waals surface area contributed by atoms with Crippen molar-refractivity contribution in [1.29, 1.82) is 0 Å². The molecule has 8 heteroatoms. The standard InChI is InChI=1S/C22H22F2N6/c1-13-9-29(10-14(2)26-13)18-3-4-20-15(5-18)8-25-21(28-20)16-6-19(24)22-27-17(7-23)12-30(22)11-16/h3-6,8,11-14,26H,7,9-10H2,1-2H3/t13-,14+. The van der Waals surface area contributed by atoms with Crippen LogP contribution >= 0.6 is 0 Å². The maximum absolute atomic E-state index is 14.4. The van der Waals surface area contributed by atoms with Crippen molar-refractivity contribution in [2.75, 3.05) is 18.0 Å². The van der Waals surface area contributed by atoms with Gasteiger partial charge in [-0.1, -0.05) is 0 Å². The van der Waals surface area contributed by atoms with E-state index in [4.69, 9.17) is 0 Å². The van der Waals surface area contributed by atoms with Crippen molar-refractivity contribution in [2.24, 2.45) is 0 Å². The van der Waals surface area contributed by atoms with Gasteiger partial charge in [0.25, 0.3) is 0 Å². The lowest BCUT2D eigenvalue weighted by atomic mass is 10.1. The fourth-order valence-corrected chi connectivity index (χ4v) is 4.19. The van der Waals surface area contributed by atoms with Crippen LogP contribution in [-0.4, -0.2) is 44.5 Å². The summed E-state index contributed by atoms with van der Waals surface area (Å²) in [5.41, 5.74) is 2.73. The molecule has 1 fully saturated rings. The minimum absolute atomic E-state index is 0.0938. The van der Waals surface area contributed by atoms with Crippen molar-refractivity contribution >= 4 is 22.2 Å². The van der Waals surface area contributed by atoms with Crippen LogP contribution in [0, 0.1) is 5.82 Å². The normalized spacial score (nSPS) is 19.7. The molecule has 3 aromatic heterocycles. The summed E-state index contributed by atoms with van der Waals surface area (Å²) >= 11 is 0. The molecule has 5 rings (SSSR count). The summed E-state index contributed by atoms with van der Waals surface area (Å²) < 4.78 is 28.8. The molecule has 154 valence electrons. The van der Waals surface area contributed by atoms with E-state index in [0.29, 0.717) is 23.5 Å². The summed E-state index contributed by atoms with van der Waals surface area (Å²) in [7, 11) is 0. The van der Waals surface area contributed by atoms with E-state index in [-0.39, 0.29) is 11.3 Å². The van der Waals surface area contributed by atoms with Gasteiger partial charge in [0.15, 0.2) is 17.3 Å². The van der Waals surface area contributed by atoms with E-state index in [1.54, 1.807) is 12.4 Å². The average Bonchev–Trinajstić information content (AvgIpc) is 3.16. The number of nitrogens with zero attached hydrogens (tertiary/aromatic N) is 5. The molecule has 0 saturated carbocycles. The zero-order chi connectivity index (χ0) is 20.8. The molecule has 0 spiro atoms. The zero-order valence-electron chi connectivity index (χ0n) is 16.8. The van der Waals surface area contributed by atoms with Gasteiger partial charge >= 0.3 is 0 Å². The highest BCUT2D eigenvalue weighted by molar-refractivity contribution is 5.83. The lowest BCUT2D eigenvalue weighted by molar-refractivity contribution is 0.407. The number of nitrogens with one attached hydrogen (secondary N) is 1. The quantitative estimate of drug-likeness (QED) is 0.560. The summed E-state index contributed by atoms with van der Waals surface area (Å²) in [6.07, 6.45) is 4.91. The van der Waals surface area contributed by atoms with Gasteiger partial charge < -0.3 is 14.6 Å². The first-order chi connectivity index (χ1) is 14.5. The Morgan fingerprint density at radius 1 is 1.10 bits per heavy atom. The van der Waals surface area contributed by atoms with Gasteiger partial charge in [0.1, 0.15) is 6.67 Å². The van der Waals surface area contributed by atoms with Gasteiger partial charge in [-0.3, -0.25) is 0 Å². The summed E-state index contributed by atoms with van der Waals surface area (Å²) in [6, 6.07) is 8.32. The first-order valence-corrected chi connectivity index (χ1v) is 10.0. The van der Waals surface area contributed by atoms with Crippen LogP contribution in [0.25, 0.3) is 27.9 Å². The summed E-state index contributed by atoms with van der Waals surface area (Å²) in [5.74, 6) is -0.121. The third-order valence-corrected chi connectivity index (χ3v) is 5.44. The first kappa shape index (κ1) is 18.9. The van der Waals surface area contributed by atoms with Gasteiger partial charge in [-0.05, 0) is 38.1 Å². The Hall–Kier alpha value is -3.13. The molecule has 30 heavy (non-hydrogen) atoms. The highest BCUT2D eigenvalue weighted by atomic mass is 19.1. The number of aromatic nitrogens is 4. The van der Waals surface area contributed by atoms with Crippen LogP contribution in [0.3, 0.4) is 0 Å². The Morgan fingerprint density at radius 3 is 2.67 bits per heavy atom. The first-order valence-electron chi connectivity index (χ1n) is 10.0. The highest BCUT2D eigenvalue weighted by Crippen LogP contribution is 2.26. The van der Waals surface area contributed by atoms with Crippen LogP contribution in [0.2, 0.25) is 0 Å². The molecular formula is C22H22F2N6. The molecular weight excluding hydrogens is 386 g/mol. The number of alkyl halides is 1. The largest absolute Gasteiger partial charge is 0.368 e. The van der Waals surface area contributed by atoms with Crippen LogP contribution < -0.4 is 10.2 Å².